The van der Waals surface area contributed by atoms with Gasteiger partial charge in [0.2, 0.25) is 0 Å². The number of hydrogen-bond acceptors (Lipinski definition) is 6. The van der Waals surface area contributed by atoms with Gasteiger partial charge in [-0.2, -0.15) is 0 Å². The van der Waals surface area contributed by atoms with Crippen molar-refractivity contribution in [3.05, 3.63) is 180 Å². The zero-order valence-electron chi connectivity index (χ0n) is 27.7. The third-order valence-electron chi connectivity index (χ3n) is 8.51. The Kier molecular flexibility index (Phi) is 9.93. The van der Waals surface area contributed by atoms with Gasteiger partial charge in [-0.15, -0.1) is 0 Å². The molecule has 0 aliphatic rings. The molecule has 0 atom stereocenters. The summed E-state index contributed by atoms with van der Waals surface area (Å²) < 4.78 is 10.3. The lowest BCUT2D eigenvalue weighted by atomic mass is 9.83. The minimum absolute atomic E-state index is 0.00353. The molecule has 0 fully saturated rings. The molecular formula is C44H28N2O6. The van der Waals surface area contributed by atoms with E-state index in [9.17, 15) is 19.2 Å². The van der Waals surface area contributed by atoms with Crippen LogP contribution in [0.3, 0.4) is 0 Å². The molecule has 0 radical (unpaired) electrons. The molecule has 0 heterocycles. The second kappa shape index (κ2) is 15.0. The smallest absolute Gasteiger partial charge is 0.335 e. The van der Waals surface area contributed by atoms with Gasteiger partial charge in [0, 0.05) is 36.1 Å². The molecule has 0 saturated heterocycles. The van der Waals surface area contributed by atoms with Crippen molar-refractivity contribution in [2.75, 3.05) is 0 Å². The van der Waals surface area contributed by atoms with E-state index < -0.39 is 11.9 Å². The Balaban J connectivity index is 1.49. The first-order valence-corrected chi connectivity index (χ1v) is 16.0. The summed E-state index contributed by atoms with van der Waals surface area (Å²) in [5.74, 6) is -1.05. The van der Waals surface area contributed by atoms with Gasteiger partial charge in [-0.25, -0.2) is 19.3 Å². The van der Waals surface area contributed by atoms with Gasteiger partial charge in [-0.3, -0.25) is 9.59 Å². The van der Waals surface area contributed by atoms with Crippen molar-refractivity contribution in [3.8, 4) is 22.6 Å². The van der Waals surface area contributed by atoms with Crippen molar-refractivity contribution in [2.45, 2.75) is 12.8 Å². The molecule has 6 aromatic carbocycles. The van der Waals surface area contributed by atoms with Gasteiger partial charge in [0.25, 0.3) is 0 Å². The quantitative estimate of drug-likeness (QED) is 0.0445. The summed E-state index contributed by atoms with van der Waals surface area (Å²) in [6, 6.07) is 30.8. The number of hydrogen-bond donors (Lipinski definition) is 0. The topological polar surface area (TPSA) is 95.5 Å². The lowest BCUT2D eigenvalue weighted by Crippen LogP contribution is -2.09. The number of fused-ring (bicyclic) bond motifs is 2. The van der Waals surface area contributed by atoms with Crippen LogP contribution in [0.25, 0.3) is 42.4 Å². The second-order valence-corrected chi connectivity index (χ2v) is 11.7. The minimum Gasteiger partial charge on any atom is -0.423 e. The highest BCUT2D eigenvalue weighted by Crippen LogP contribution is 2.42. The number of ketones is 2. The maximum Gasteiger partial charge on any atom is 0.335 e. The zero-order valence-corrected chi connectivity index (χ0v) is 27.7. The van der Waals surface area contributed by atoms with Gasteiger partial charge in [-0.1, -0.05) is 61.7 Å². The van der Waals surface area contributed by atoms with Gasteiger partial charge in [0.15, 0.2) is 22.9 Å². The number of benzene rings is 6. The average molecular weight is 681 g/mol. The summed E-state index contributed by atoms with van der Waals surface area (Å²) in [5.41, 5.74) is 4.57. The molecule has 0 aliphatic heterocycles. The van der Waals surface area contributed by atoms with Crippen LogP contribution in [0.4, 0.5) is 11.4 Å². The molecule has 0 spiro atoms. The maximum atomic E-state index is 13.8. The number of carbonyl (C=O) groups is 4. The van der Waals surface area contributed by atoms with E-state index in [0.717, 1.165) is 44.8 Å². The fraction of sp³-hybridized carbons (Fsp3) is 0.0455. The van der Waals surface area contributed by atoms with Crippen LogP contribution in [0, 0.1) is 13.1 Å². The molecular weight excluding hydrogens is 652 g/mol. The van der Waals surface area contributed by atoms with Crippen LogP contribution in [0.5, 0.6) is 11.5 Å². The first-order chi connectivity index (χ1) is 25.2. The summed E-state index contributed by atoms with van der Waals surface area (Å²) in [6.45, 7) is 22.0. The highest BCUT2D eigenvalue weighted by atomic mass is 16.5. The van der Waals surface area contributed by atoms with E-state index in [4.69, 9.17) is 22.6 Å². The third kappa shape index (κ3) is 7.28. The number of rotatable bonds is 11. The fourth-order valence-corrected chi connectivity index (χ4v) is 6.03. The third-order valence-corrected chi connectivity index (χ3v) is 8.51. The molecule has 6 aromatic rings. The molecule has 0 N–H and O–H groups in total. The highest BCUT2D eigenvalue weighted by Gasteiger charge is 2.22. The standard InChI is InChI=1S/C44H28N2O6/c1-5-41(49)51-35-17-11-27(12-18-35)39(47)25-31-9-7-29-23-33(45-3)15-21-37(29)43(31)44-32(10-8-30-24-34(46-4)16-22-38(30)44)26-40(48)28-13-19-36(20-14-28)52-42(50)6-2/h5-24H,1-2,25-26H2. The van der Waals surface area contributed by atoms with Crippen LogP contribution >= 0.6 is 0 Å². The molecule has 0 saturated carbocycles. The van der Waals surface area contributed by atoms with Crippen molar-refractivity contribution in [2.24, 2.45) is 0 Å². The molecule has 8 nitrogen and oxygen atoms in total. The Labute approximate surface area is 299 Å². The fourth-order valence-electron chi connectivity index (χ4n) is 6.03. The monoisotopic (exact) mass is 680 g/mol. The van der Waals surface area contributed by atoms with Crippen molar-refractivity contribution in [1.82, 2.24) is 0 Å². The van der Waals surface area contributed by atoms with Crippen LogP contribution in [0.2, 0.25) is 0 Å². The van der Waals surface area contributed by atoms with Gasteiger partial charge in [0.05, 0.1) is 13.1 Å². The van der Waals surface area contributed by atoms with E-state index in [2.05, 4.69) is 22.8 Å². The molecule has 0 aromatic heterocycles. The van der Waals surface area contributed by atoms with E-state index in [-0.39, 0.29) is 35.9 Å². The first-order valence-electron chi connectivity index (χ1n) is 16.0. The van der Waals surface area contributed by atoms with Crippen LogP contribution in [0.1, 0.15) is 31.8 Å². The normalized spacial score (nSPS) is 10.5. The SMILES string of the molecule is [C-]#[N+]c1ccc2c(-c3c(CC(=O)c4ccc(OC(=O)C=C)cc4)ccc4cc([N+]#[C-])ccc34)c(CC(=O)c3ccc(OC(=O)C=C)cc3)ccc2c1. The number of nitrogens with zero attached hydrogens (tertiary/aromatic N) is 2. The molecule has 0 amide bonds. The molecule has 8 heteroatoms. The van der Waals surface area contributed by atoms with Crippen LogP contribution in [-0.2, 0) is 22.4 Å². The Morgan fingerprint density at radius 1 is 0.538 bits per heavy atom. The minimum atomic E-state index is -0.611. The van der Waals surface area contributed by atoms with Gasteiger partial charge in [0.1, 0.15) is 11.5 Å². The lowest BCUT2D eigenvalue weighted by molar-refractivity contribution is -0.129. The maximum absolute atomic E-state index is 13.8. The predicted octanol–water partition coefficient (Wildman–Crippen LogP) is 9.80. The van der Waals surface area contributed by atoms with Crippen LogP contribution in [-0.4, -0.2) is 23.5 Å². The molecule has 0 bridgehead atoms. The molecule has 250 valence electrons. The number of carbonyl (C=O) groups excluding carboxylic acids is 4. The first kappa shape index (κ1) is 34.4. The molecule has 52 heavy (non-hydrogen) atoms. The largest absolute Gasteiger partial charge is 0.423 e. The van der Waals surface area contributed by atoms with E-state index in [1.54, 1.807) is 72.8 Å². The van der Waals surface area contributed by atoms with E-state index in [0.29, 0.717) is 33.6 Å². The molecule has 0 aliphatic carbocycles. The Morgan fingerprint density at radius 2 is 0.923 bits per heavy atom. The predicted molar refractivity (Wildman–Crippen MR) is 200 cm³/mol. The summed E-state index contributed by atoms with van der Waals surface area (Å²) in [5, 5.41) is 3.14. The Hall–Kier alpha value is -7.42. The summed E-state index contributed by atoms with van der Waals surface area (Å²) in [4.78, 5) is 58.2. The van der Waals surface area contributed by atoms with Gasteiger partial charge >= 0.3 is 11.9 Å². The van der Waals surface area contributed by atoms with Gasteiger partial charge in [-0.05, 0) is 104 Å². The molecule has 0 unspecified atom stereocenters. The summed E-state index contributed by atoms with van der Waals surface area (Å²) in [6.07, 6.45) is 2.10. The van der Waals surface area contributed by atoms with Crippen LogP contribution < -0.4 is 9.47 Å². The Morgan fingerprint density at radius 3 is 1.27 bits per heavy atom. The van der Waals surface area contributed by atoms with Gasteiger partial charge < -0.3 is 9.47 Å². The molecule has 6 rings (SSSR count). The highest BCUT2D eigenvalue weighted by molar-refractivity contribution is 6.11. The summed E-state index contributed by atoms with van der Waals surface area (Å²) >= 11 is 0. The van der Waals surface area contributed by atoms with Crippen molar-refractivity contribution < 1.29 is 28.7 Å². The zero-order chi connectivity index (χ0) is 36.8. The average Bonchev–Trinajstić information content (AvgIpc) is 3.17. The summed E-state index contributed by atoms with van der Waals surface area (Å²) in [7, 11) is 0. The van der Waals surface area contributed by atoms with Crippen LogP contribution in [0.15, 0.2) is 135 Å². The number of Topliss-reactive ketones (excluding diaryl/α,β-unsaturated/α-hetero) is 2. The second-order valence-electron chi connectivity index (χ2n) is 11.7. The van der Waals surface area contributed by atoms with Crippen molar-refractivity contribution in [3.63, 3.8) is 0 Å². The van der Waals surface area contributed by atoms with E-state index in [1.165, 1.54) is 0 Å². The van der Waals surface area contributed by atoms with Crippen molar-refractivity contribution >= 4 is 56.4 Å². The number of ether oxygens (including phenoxy) is 2. The van der Waals surface area contributed by atoms with E-state index >= 15 is 0 Å². The Bertz CT molecular complexity index is 2360. The number of esters is 2. The lowest BCUT2D eigenvalue weighted by Gasteiger charge is -2.20. The van der Waals surface area contributed by atoms with E-state index in [1.807, 2.05) is 36.4 Å². The van der Waals surface area contributed by atoms with Crippen molar-refractivity contribution in [1.29, 1.82) is 0 Å².